The van der Waals surface area contributed by atoms with Crippen LogP contribution < -0.4 is 5.32 Å². The number of hydrogen-bond acceptors (Lipinski definition) is 3. The minimum atomic E-state index is 0.589. The molecule has 1 N–H and O–H groups in total. The molecule has 1 aliphatic heterocycles. The summed E-state index contributed by atoms with van der Waals surface area (Å²) >= 11 is 0. The van der Waals surface area contributed by atoms with E-state index in [1.54, 1.807) is 0 Å². The van der Waals surface area contributed by atoms with Gasteiger partial charge >= 0.3 is 0 Å². The van der Waals surface area contributed by atoms with E-state index in [1.165, 1.54) is 18.7 Å². The topological polar surface area (TPSA) is 24.5 Å². The van der Waals surface area contributed by atoms with Gasteiger partial charge in [0.25, 0.3) is 0 Å². The quantitative estimate of drug-likeness (QED) is 0.798. The highest BCUT2D eigenvalue weighted by Crippen LogP contribution is 2.20. The van der Waals surface area contributed by atoms with Gasteiger partial charge in [0.15, 0.2) is 0 Å². The molecule has 0 spiro atoms. The molecule has 0 saturated carbocycles. The maximum atomic E-state index is 5.44. The van der Waals surface area contributed by atoms with E-state index in [0.29, 0.717) is 12.0 Å². The first-order valence-electron chi connectivity index (χ1n) is 7.41. The van der Waals surface area contributed by atoms with E-state index in [-0.39, 0.29) is 0 Å². The lowest BCUT2D eigenvalue weighted by molar-refractivity contribution is 0.0912. The standard InChI is InChI=1S/C16H26N2O/c1-3-19-12-11-18-10-9-16(14(2)13-18)17-15-7-5-4-6-8-15/h4-8,14,16-17H,3,9-13H2,1-2H3/t14-,16-/m0/s1. The van der Waals surface area contributed by atoms with Crippen LogP contribution in [-0.4, -0.2) is 43.8 Å². The lowest BCUT2D eigenvalue weighted by Gasteiger charge is -2.37. The Balaban J connectivity index is 1.77. The van der Waals surface area contributed by atoms with E-state index >= 15 is 0 Å². The summed E-state index contributed by atoms with van der Waals surface area (Å²) in [4.78, 5) is 2.52. The van der Waals surface area contributed by atoms with Crippen LogP contribution in [0, 0.1) is 5.92 Å². The summed E-state index contributed by atoms with van der Waals surface area (Å²) in [5.41, 5.74) is 1.24. The van der Waals surface area contributed by atoms with Crippen LogP contribution >= 0.6 is 0 Å². The highest BCUT2D eigenvalue weighted by molar-refractivity contribution is 5.43. The molecule has 0 aromatic heterocycles. The molecule has 0 radical (unpaired) electrons. The minimum absolute atomic E-state index is 0.589. The molecule has 1 aromatic carbocycles. The predicted octanol–water partition coefficient (Wildman–Crippen LogP) is 2.85. The van der Waals surface area contributed by atoms with E-state index in [9.17, 15) is 0 Å². The number of benzene rings is 1. The van der Waals surface area contributed by atoms with E-state index in [0.717, 1.165) is 26.3 Å². The van der Waals surface area contributed by atoms with Crippen LogP contribution in [0.2, 0.25) is 0 Å². The maximum absolute atomic E-state index is 5.44. The van der Waals surface area contributed by atoms with Gasteiger partial charge in [0.05, 0.1) is 6.61 Å². The highest BCUT2D eigenvalue weighted by atomic mass is 16.5. The van der Waals surface area contributed by atoms with E-state index in [4.69, 9.17) is 4.74 Å². The van der Waals surface area contributed by atoms with E-state index < -0.39 is 0 Å². The highest BCUT2D eigenvalue weighted by Gasteiger charge is 2.25. The fourth-order valence-corrected chi connectivity index (χ4v) is 2.74. The van der Waals surface area contributed by atoms with Crippen molar-refractivity contribution >= 4 is 5.69 Å². The SMILES string of the molecule is CCOCCN1CC[C@H](Nc2ccccc2)[C@@H](C)C1. The first kappa shape index (κ1) is 14.4. The fourth-order valence-electron chi connectivity index (χ4n) is 2.74. The van der Waals surface area contributed by atoms with Crippen molar-refractivity contribution in [3.8, 4) is 0 Å². The van der Waals surface area contributed by atoms with Gasteiger partial charge in [0.1, 0.15) is 0 Å². The maximum Gasteiger partial charge on any atom is 0.0593 e. The molecular formula is C16H26N2O. The minimum Gasteiger partial charge on any atom is -0.382 e. The average Bonchev–Trinajstić information content (AvgIpc) is 2.43. The Kier molecular flexibility index (Phi) is 5.67. The predicted molar refractivity (Wildman–Crippen MR) is 80.6 cm³/mol. The van der Waals surface area contributed by atoms with Crippen LogP contribution in [0.4, 0.5) is 5.69 Å². The van der Waals surface area contributed by atoms with Crippen LogP contribution in [0.15, 0.2) is 30.3 Å². The Hall–Kier alpha value is -1.06. The number of rotatable bonds is 6. The second-order valence-corrected chi connectivity index (χ2v) is 5.38. The van der Waals surface area contributed by atoms with Gasteiger partial charge in [0, 0.05) is 38.0 Å². The van der Waals surface area contributed by atoms with Crippen LogP contribution in [0.25, 0.3) is 0 Å². The Labute approximate surface area is 116 Å². The summed E-state index contributed by atoms with van der Waals surface area (Å²) in [7, 11) is 0. The van der Waals surface area contributed by atoms with Gasteiger partial charge in [0.2, 0.25) is 0 Å². The van der Waals surface area contributed by atoms with Crippen LogP contribution in [-0.2, 0) is 4.74 Å². The summed E-state index contributed by atoms with van der Waals surface area (Å²) in [5.74, 6) is 0.676. The van der Waals surface area contributed by atoms with Crippen molar-refractivity contribution in [2.45, 2.75) is 26.3 Å². The largest absolute Gasteiger partial charge is 0.382 e. The average molecular weight is 262 g/mol. The van der Waals surface area contributed by atoms with Crippen LogP contribution in [0.3, 0.4) is 0 Å². The number of hydrogen-bond donors (Lipinski definition) is 1. The third kappa shape index (κ3) is 4.51. The van der Waals surface area contributed by atoms with Gasteiger partial charge < -0.3 is 15.0 Å². The molecule has 0 bridgehead atoms. The molecule has 1 fully saturated rings. The third-order valence-corrected chi connectivity index (χ3v) is 3.87. The number of nitrogens with one attached hydrogen (secondary N) is 1. The summed E-state index contributed by atoms with van der Waals surface area (Å²) in [6, 6.07) is 11.1. The van der Waals surface area contributed by atoms with Crippen molar-refractivity contribution in [3.63, 3.8) is 0 Å². The molecule has 0 unspecified atom stereocenters. The number of likely N-dealkylation sites (tertiary alicyclic amines) is 1. The zero-order valence-electron chi connectivity index (χ0n) is 12.1. The van der Waals surface area contributed by atoms with Crippen molar-refractivity contribution in [2.75, 3.05) is 38.2 Å². The number of anilines is 1. The Morgan fingerprint density at radius 1 is 1.32 bits per heavy atom. The molecule has 1 saturated heterocycles. The van der Waals surface area contributed by atoms with Crippen LogP contribution in [0.5, 0.6) is 0 Å². The zero-order chi connectivity index (χ0) is 13.5. The number of piperidine rings is 1. The molecule has 2 atom stereocenters. The first-order chi connectivity index (χ1) is 9.29. The Bertz CT molecular complexity index is 355. The van der Waals surface area contributed by atoms with Crippen molar-refractivity contribution in [1.82, 2.24) is 4.90 Å². The molecule has 106 valence electrons. The van der Waals surface area contributed by atoms with Crippen molar-refractivity contribution < 1.29 is 4.74 Å². The molecule has 0 amide bonds. The summed E-state index contributed by atoms with van der Waals surface area (Å²) in [6.45, 7) is 9.48. The van der Waals surface area contributed by atoms with Crippen molar-refractivity contribution in [1.29, 1.82) is 0 Å². The molecule has 2 rings (SSSR count). The van der Waals surface area contributed by atoms with Gasteiger partial charge in [-0.05, 0) is 31.4 Å². The number of para-hydroxylation sites is 1. The number of ether oxygens (including phenoxy) is 1. The Morgan fingerprint density at radius 3 is 2.79 bits per heavy atom. The molecule has 3 heteroatoms. The van der Waals surface area contributed by atoms with E-state index in [1.807, 2.05) is 0 Å². The van der Waals surface area contributed by atoms with Gasteiger partial charge in [-0.2, -0.15) is 0 Å². The van der Waals surface area contributed by atoms with Gasteiger partial charge in [-0.1, -0.05) is 25.1 Å². The normalized spacial score (nSPS) is 24.3. The molecule has 3 nitrogen and oxygen atoms in total. The Morgan fingerprint density at radius 2 is 2.11 bits per heavy atom. The second-order valence-electron chi connectivity index (χ2n) is 5.38. The monoisotopic (exact) mass is 262 g/mol. The van der Waals surface area contributed by atoms with Gasteiger partial charge in [-0.15, -0.1) is 0 Å². The lowest BCUT2D eigenvalue weighted by Crippen LogP contribution is -2.46. The third-order valence-electron chi connectivity index (χ3n) is 3.87. The molecular weight excluding hydrogens is 236 g/mol. The lowest BCUT2D eigenvalue weighted by atomic mass is 9.93. The molecule has 1 aromatic rings. The summed E-state index contributed by atoms with van der Waals surface area (Å²) in [6.07, 6.45) is 1.21. The second kappa shape index (κ2) is 7.51. The van der Waals surface area contributed by atoms with Gasteiger partial charge in [-0.3, -0.25) is 0 Å². The molecule has 1 aliphatic rings. The first-order valence-corrected chi connectivity index (χ1v) is 7.41. The summed E-state index contributed by atoms with van der Waals surface area (Å²) < 4.78 is 5.44. The number of nitrogens with zero attached hydrogens (tertiary/aromatic N) is 1. The molecule has 19 heavy (non-hydrogen) atoms. The van der Waals surface area contributed by atoms with E-state index in [2.05, 4.69) is 54.4 Å². The zero-order valence-corrected chi connectivity index (χ0v) is 12.1. The smallest absolute Gasteiger partial charge is 0.0593 e. The van der Waals surface area contributed by atoms with Crippen molar-refractivity contribution in [2.24, 2.45) is 5.92 Å². The van der Waals surface area contributed by atoms with Crippen molar-refractivity contribution in [3.05, 3.63) is 30.3 Å². The summed E-state index contributed by atoms with van der Waals surface area (Å²) in [5, 5.41) is 3.66. The molecule has 0 aliphatic carbocycles. The fraction of sp³-hybridized carbons (Fsp3) is 0.625. The van der Waals surface area contributed by atoms with Gasteiger partial charge in [-0.25, -0.2) is 0 Å². The molecule has 1 heterocycles. The van der Waals surface area contributed by atoms with Crippen LogP contribution in [0.1, 0.15) is 20.3 Å².